The van der Waals surface area contributed by atoms with Crippen LogP contribution in [0.3, 0.4) is 0 Å². The second-order valence-electron chi connectivity index (χ2n) is 4.79. The van der Waals surface area contributed by atoms with Crippen LogP contribution in [0.4, 0.5) is 5.95 Å². The van der Waals surface area contributed by atoms with Gasteiger partial charge in [-0.2, -0.15) is 0 Å². The normalized spacial score (nSPS) is 10.7. The molecule has 0 aliphatic heterocycles. The van der Waals surface area contributed by atoms with E-state index in [-0.39, 0.29) is 0 Å². The molecule has 4 heteroatoms. The molecule has 0 fully saturated rings. The van der Waals surface area contributed by atoms with Crippen molar-refractivity contribution in [3.8, 4) is 5.69 Å². The molecule has 0 aliphatic rings. The molecule has 3 aromatic rings. The van der Waals surface area contributed by atoms with Gasteiger partial charge >= 0.3 is 0 Å². The number of aryl methyl sites for hydroxylation is 2. The van der Waals surface area contributed by atoms with E-state index >= 15 is 0 Å². The molecule has 0 amide bonds. The Morgan fingerprint density at radius 2 is 1.95 bits per heavy atom. The molecule has 1 aromatic carbocycles. The van der Waals surface area contributed by atoms with Crippen LogP contribution in [0.25, 0.3) is 5.69 Å². The van der Waals surface area contributed by atoms with E-state index in [0.29, 0.717) is 0 Å². The maximum Gasteiger partial charge on any atom is 0.208 e. The number of hydrogen-bond acceptors (Lipinski definition) is 3. The first-order chi connectivity index (χ1) is 9.74. The van der Waals surface area contributed by atoms with E-state index in [0.717, 1.165) is 23.9 Å². The highest BCUT2D eigenvalue weighted by Crippen LogP contribution is 2.20. The smallest absolute Gasteiger partial charge is 0.208 e. The van der Waals surface area contributed by atoms with Gasteiger partial charge in [-0.1, -0.05) is 18.2 Å². The lowest BCUT2D eigenvalue weighted by Gasteiger charge is -2.09. The third kappa shape index (κ3) is 2.60. The maximum absolute atomic E-state index is 4.57. The molecule has 3 rings (SSSR count). The van der Waals surface area contributed by atoms with Crippen LogP contribution in [-0.2, 0) is 6.54 Å². The van der Waals surface area contributed by atoms with Crippen molar-refractivity contribution in [1.29, 1.82) is 0 Å². The Bertz CT molecular complexity index is 698. The van der Waals surface area contributed by atoms with Crippen LogP contribution in [0.15, 0.2) is 48.0 Å². The molecule has 2 heterocycles. The number of anilines is 1. The standard InChI is InChI=1S/C16H17N3S/c1-12-8-9-20-15(12)10-17-16-18-13(2)11-19(16)14-6-4-3-5-7-14/h3-9,11H,10H2,1-2H3,(H,17,18). The number of aromatic nitrogens is 2. The lowest BCUT2D eigenvalue weighted by molar-refractivity contribution is 1.01. The predicted octanol–water partition coefficient (Wildman–Crippen LogP) is 4.16. The fourth-order valence-corrected chi connectivity index (χ4v) is 3.00. The van der Waals surface area contributed by atoms with E-state index in [2.05, 4.69) is 51.6 Å². The Morgan fingerprint density at radius 3 is 2.65 bits per heavy atom. The van der Waals surface area contributed by atoms with E-state index in [9.17, 15) is 0 Å². The summed E-state index contributed by atoms with van der Waals surface area (Å²) in [6.45, 7) is 4.97. The van der Waals surface area contributed by atoms with Crippen LogP contribution in [0.5, 0.6) is 0 Å². The van der Waals surface area contributed by atoms with Crippen molar-refractivity contribution < 1.29 is 0 Å². The molecule has 1 N–H and O–H groups in total. The summed E-state index contributed by atoms with van der Waals surface area (Å²) < 4.78 is 2.10. The zero-order valence-electron chi connectivity index (χ0n) is 11.6. The highest BCUT2D eigenvalue weighted by molar-refractivity contribution is 7.10. The summed E-state index contributed by atoms with van der Waals surface area (Å²) in [6.07, 6.45) is 2.05. The van der Waals surface area contributed by atoms with Crippen molar-refractivity contribution in [1.82, 2.24) is 9.55 Å². The summed E-state index contributed by atoms with van der Waals surface area (Å²) in [5.41, 5.74) is 3.47. The molecule has 0 radical (unpaired) electrons. The average Bonchev–Trinajstić information content (AvgIpc) is 3.03. The predicted molar refractivity (Wildman–Crippen MR) is 84.7 cm³/mol. The summed E-state index contributed by atoms with van der Waals surface area (Å²) in [5, 5.41) is 5.56. The Kier molecular flexibility index (Phi) is 3.56. The fraction of sp³-hybridized carbons (Fsp3) is 0.188. The third-order valence-electron chi connectivity index (χ3n) is 3.24. The second kappa shape index (κ2) is 5.51. The summed E-state index contributed by atoms with van der Waals surface area (Å²) in [6, 6.07) is 12.4. The Morgan fingerprint density at radius 1 is 1.15 bits per heavy atom. The van der Waals surface area contributed by atoms with Crippen molar-refractivity contribution in [3.05, 3.63) is 64.1 Å². The van der Waals surface area contributed by atoms with E-state index in [1.165, 1.54) is 10.4 Å². The molecule has 0 saturated heterocycles. The maximum atomic E-state index is 4.57. The van der Waals surface area contributed by atoms with E-state index in [1.54, 1.807) is 11.3 Å². The minimum absolute atomic E-state index is 0.812. The summed E-state index contributed by atoms with van der Waals surface area (Å²) in [7, 11) is 0. The highest BCUT2D eigenvalue weighted by Gasteiger charge is 2.08. The summed E-state index contributed by atoms with van der Waals surface area (Å²) in [5.74, 6) is 0.890. The number of nitrogens with zero attached hydrogens (tertiary/aromatic N) is 2. The minimum atomic E-state index is 0.812. The van der Waals surface area contributed by atoms with Crippen molar-refractivity contribution in [2.24, 2.45) is 0 Å². The van der Waals surface area contributed by atoms with Crippen molar-refractivity contribution in [2.75, 3.05) is 5.32 Å². The number of benzene rings is 1. The van der Waals surface area contributed by atoms with E-state index in [1.807, 2.05) is 25.1 Å². The van der Waals surface area contributed by atoms with Crippen molar-refractivity contribution in [2.45, 2.75) is 20.4 Å². The third-order valence-corrected chi connectivity index (χ3v) is 4.26. The second-order valence-corrected chi connectivity index (χ2v) is 5.79. The summed E-state index contributed by atoms with van der Waals surface area (Å²) >= 11 is 1.78. The topological polar surface area (TPSA) is 29.9 Å². The Hall–Kier alpha value is -2.07. The molecule has 0 unspecified atom stereocenters. The van der Waals surface area contributed by atoms with Crippen LogP contribution in [0.1, 0.15) is 16.1 Å². The van der Waals surface area contributed by atoms with Gasteiger partial charge in [0, 0.05) is 16.8 Å². The van der Waals surface area contributed by atoms with Crippen LogP contribution >= 0.6 is 11.3 Å². The van der Waals surface area contributed by atoms with Gasteiger partial charge in [-0.25, -0.2) is 4.98 Å². The van der Waals surface area contributed by atoms with E-state index in [4.69, 9.17) is 0 Å². The Balaban J connectivity index is 1.85. The fourth-order valence-electron chi connectivity index (χ4n) is 2.15. The van der Waals surface area contributed by atoms with Gasteiger partial charge in [0.05, 0.1) is 12.2 Å². The van der Waals surface area contributed by atoms with Crippen molar-refractivity contribution >= 4 is 17.3 Å². The minimum Gasteiger partial charge on any atom is -0.350 e. The lowest BCUT2D eigenvalue weighted by atomic mass is 10.3. The number of hydrogen-bond donors (Lipinski definition) is 1. The molecule has 0 aliphatic carbocycles. The molecular weight excluding hydrogens is 266 g/mol. The first-order valence-electron chi connectivity index (χ1n) is 6.62. The molecular formula is C16H17N3S. The zero-order chi connectivity index (χ0) is 13.9. The SMILES string of the molecule is Cc1cn(-c2ccccc2)c(NCc2sccc2C)n1. The zero-order valence-corrected chi connectivity index (χ0v) is 12.4. The molecule has 0 spiro atoms. The molecule has 102 valence electrons. The van der Waals surface area contributed by atoms with Gasteiger partial charge in [-0.3, -0.25) is 4.57 Å². The van der Waals surface area contributed by atoms with Gasteiger partial charge in [-0.15, -0.1) is 11.3 Å². The first-order valence-corrected chi connectivity index (χ1v) is 7.50. The molecule has 0 bridgehead atoms. The number of nitrogens with one attached hydrogen (secondary N) is 1. The molecule has 0 atom stereocenters. The molecule has 3 nitrogen and oxygen atoms in total. The molecule has 20 heavy (non-hydrogen) atoms. The van der Waals surface area contributed by atoms with Gasteiger partial charge in [0.2, 0.25) is 5.95 Å². The van der Waals surface area contributed by atoms with Crippen LogP contribution < -0.4 is 5.32 Å². The average molecular weight is 283 g/mol. The van der Waals surface area contributed by atoms with Gasteiger partial charge in [-0.05, 0) is 43.0 Å². The Labute approximate surface area is 122 Å². The van der Waals surface area contributed by atoms with Crippen LogP contribution in [-0.4, -0.2) is 9.55 Å². The quantitative estimate of drug-likeness (QED) is 0.779. The van der Waals surface area contributed by atoms with Gasteiger partial charge in [0.25, 0.3) is 0 Å². The van der Waals surface area contributed by atoms with Crippen molar-refractivity contribution in [3.63, 3.8) is 0 Å². The van der Waals surface area contributed by atoms with Gasteiger partial charge < -0.3 is 5.32 Å². The first kappa shape index (κ1) is 12.9. The molecule has 0 saturated carbocycles. The number of para-hydroxylation sites is 1. The van der Waals surface area contributed by atoms with Crippen LogP contribution in [0, 0.1) is 13.8 Å². The van der Waals surface area contributed by atoms with Crippen LogP contribution in [0.2, 0.25) is 0 Å². The monoisotopic (exact) mass is 283 g/mol. The van der Waals surface area contributed by atoms with Gasteiger partial charge in [0.15, 0.2) is 0 Å². The van der Waals surface area contributed by atoms with Gasteiger partial charge in [0.1, 0.15) is 0 Å². The number of rotatable bonds is 4. The largest absolute Gasteiger partial charge is 0.350 e. The summed E-state index contributed by atoms with van der Waals surface area (Å²) in [4.78, 5) is 5.92. The lowest BCUT2D eigenvalue weighted by Crippen LogP contribution is -2.05. The molecule has 2 aromatic heterocycles. The highest BCUT2D eigenvalue weighted by atomic mass is 32.1. The number of imidazole rings is 1. The number of thiophene rings is 1. The van der Waals surface area contributed by atoms with E-state index < -0.39 is 0 Å².